The number of rotatable bonds is 16. The Labute approximate surface area is 219 Å². The molecule has 0 aliphatic carbocycles. The van der Waals surface area contributed by atoms with Gasteiger partial charge in [-0.2, -0.15) is 0 Å². The summed E-state index contributed by atoms with van der Waals surface area (Å²) in [4.78, 5) is 65.1. The van der Waals surface area contributed by atoms with Gasteiger partial charge in [-0.05, 0) is 43.9 Å². The van der Waals surface area contributed by atoms with E-state index in [9.17, 15) is 34.2 Å². The number of guanidine groups is 1. The first-order valence-electron chi connectivity index (χ1n) is 11.8. The van der Waals surface area contributed by atoms with Crippen molar-refractivity contribution >= 4 is 35.6 Å². The fraction of sp³-hybridized carbons (Fsp3) is 0.478. The Morgan fingerprint density at radius 2 is 1.42 bits per heavy atom. The van der Waals surface area contributed by atoms with Crippen LogP contribution in [0.15, 0.2) is 29.3 Å². The smallest absolute Gasteiger partial charge is 0.326 e. The van der Waals surface area contributed by atoms with Crippen LogP contribution < -0.4 is 38.9 Å². The molecule has 0 fully saturated rings. The SMILES string of the molecule is CC(N)C(=O)NC(CCC(N)=O)C(=O)NC(Cc1ccc(O)cc1)C(=O)NC(CCCN=C(N)N)C(=O)O. The molecule has 4 amide bonds. The average Bonchev–Trinajstić information content (AvgIpc) is 2.83. The van der Waals surface area contributed by atoms with Crippen molar-refractivity contribution in [3.63, 3.8) is 0 Å². The van der Waals surface area contributed by atoms with Gasteiger partial charge in [0.05, 0.1) is 6.04 Å². The summed E-state index contributed by atoms with van der Waals surface area (Å²) >= 11 is 0. The third-order valence-electron chi connectivity index (χ3n) is 5.29. The summed E-state index contributed by atoms with van der Waals surface area (Å²) < 4.78 is 0. The van der Waals surface area contributed by atoms with Crippen molar-refractivity contribution in [3.05, 3.63) is 29.8 Å². The van der Waals surface area contributed by atoms with E-state index in [0.29, 0.717) is 5.56 Å². The van der Waals surface area contributed by atoms with Crippen LogP contribution in [0.3, 0.4) is 0 Å². The van der Waals surface area contributed by atoms with E-state index >= 15 is 0 Å². The van der Waals surface area contributed by atoms with Crippen LogP contribution in [0, 0.1) is 0 Å². The minimum Gasteiger partial charge on any atom is -0.508 e. The van der Waals surface area contributed by atoms with Gasteiger partial charge in [-0.3, -0.25) is 24.2 Å². The second-order valence-corrected chi connectivity index (χ2v) is 8.63. The molecule has 0 bridgehead atoms. The highest BCUT2D eigenvalue weighted by molar-refractivity contribution is 5.94. The van der Waals surface area contributed by atoms with Crippen molar-refractivity contribution in [2.24, 2.45) is 27.9 Å². The van der Waals surface area contributed by atoms with E-state index in [4.69, 9.17) is 22.9 Å². The summed E-state index contributed by atoms with van der Waals surface area (Å²) in [5, 5.41) is 26.4. The van der Waals surface area contributed by atoms with Gasteiger partial charge >= 0.3 is 5.97 Å². The van der Waals surface area contributed by atoms with E-state index in [-0.39, 0.29) is 50.4 Å². The number of amides is 4. The Bertz CT molecular complexity index is 1010. The molecule has 15 heteroatoms. The molecule has 0 aromatic heterocycles. The number of phenols is 1. The number of carboxylic acids is 1. The van der Waals surface area contributed by atoms with Crippen molar-refractivity contribution in [2.75, 3.05) is 6.54 Å². The highest BCUT2D eigenvalue weighted by Crippen LogP contribution is 2.12. The lowest BCUT2D eigenvalue weighted by molar-refractivity contribution is -0.142. The molecule has 0 saturated carbocycles. The third kappa shape index (κ3) is 12.0. The third-order valence-corrected chi connectivity index (χ3v) is 5.29. The molecule has 0 heterocycles. The van der Waals surface area contributed by atoms with Crippen molar-refractivity contribution < 1.29 is 34.2 Å². The summed E-state index contributed by atoms with van der Waals surface area (Å²) in [6.07, 6.45) is -0.216. The van der Waals surface area contributed by atoms with Crippen LogP contribution >= 0.6 is 0 Å². The van der Waals surface area contributed by atoms with Crippen LogP contribution in [0.5, 0.6) is 5.75 Å². The lowest BCUT2D eigenvalue weighted by atomic mass is 10.0. The molecule has 13 N–H and O–H groups in total. The number of hydrogen-bond donors (Lipinski definition) is 9. The largest absolute Gasteiger partial charge is 0.508 e. The van der Waals surface area contributed by atoms with Gasteiger partial charge in [-0.25, -0.2) is 4.79 Å². The van der Waals surface area contributed by atoms with Crippen molar-refractivity contribution in [2.45, 2.75) is 63.2 Å². The maximum absolute atomic E-state index is 13.1. The maximum Gasteiger partial charge on any atom is 0.326 e. The van der Waals surface area contributed by atoms with Gasteiger partial charge in [0.15, 0.2) is 5.96 Å². The van der Waals surface area contributed by atoms with Crippen LogP contribution in [0.25, 0.3) is 0 Å². The molecule has 1 rings (SSSR count). The Morgan fingerprint density at radius 1 is 0.868 bits per heavy atom. The molecule has 210 valence electrons. The van der Waals surface area contributed by atoms with E-state index < -0.39 is 53.8 Å². The quantitative estimate of drug-likeness (QED) is 0.0591. The topological polar surface area (TPSA) is 278 Å². The molecule has 0 saturated heterocycles. The number of carbonyl (C=O) groups excluding carboxylic acids is 4. The molecule has 1 aromatic rings. The average molecular weight is 537 g/mol. The molecular weight excluding hydrogens is 500 g/mol. The van der Waals surface area contributed by atoms with Gasteiger partial charge in [0.1, 0.15) is 23.9 Å². The fourth-order valence-electron chi connectivity index (χ4n) is 3.24. The molecule has 4 atom stereocenters. The van der Waals surface area contributed by atoms with Crippen LogP contribution in [-0.2, 0) is 30.4 Å². The lowest BCUT2D eigenvalue weighted by Crippen LogP contribution is -2.57. The number of benzene rings is 1. The van der Waals surface area contributed by atoms with Crippen molar-refractivity contribution in [3.8, 4) is 5.75 Å². The number of primary amides is 1. The fourth-order valence-corrected chi connectivity index (χ4v) is 3.24. The number of aliphatic imine (C=N–C) groups is 1. The Kier molecular flexibility index (Phi) is 13.0. The van der Waals surface area contributed by atoms with E-state index in [1.807, 2.05) is 0 Å². The number of nitrogens with two attached hydrogens (primary N) is 4. The number of nitrogens with zero attached hydrogens (tertiary/aromatic N) is 1. The molecule has 1 aromatic carbocycles. The molecule has 0 aliphatic rings. The molecule has 0 radical (unpaired) electrons. The van der Waals surface area contributed by atoms with E-state index in [1.165, 1.54) is 31.2 Å². The van der Waals surface area contributed by atoms with Crippen LogP contribution in [0.1, 0.15) is 38.2 Å². The number of nitrogens with one attached hydrogen (secondary N) is 3. The summed E-state index contributed by atoms with van der Waals surface area (Å²) in [7, 11) is 0. The second kappa shape index (κ2) is 15.7. The van der Waals surface area contributed by atoms with E-state index in [2.05, 4.69) is 20.9 Å². The summed E-state index contributed by atoms with van der Waals surface area (Å²) in [5.74, 6) is -4.47. The van der Waals surface area contributed by atoms with Gasteiger partial charge in [-0.1, -0.05) is 12.1 Å². The summed E-state index contributed by atoms with van der Waals surface area (Å²) in [6.45, 7) is 1.55. The predicted molar refractivity (Wildman–Crippen MR) is 137 cm³/mol. The Hall–Kier alpha value is -4.40. The first-order chi connectivity index (χ1) is 17.8. The van der Waals surface area contributed by atoms with Gasteiger partial charge in [-0.15, -0.1) is 0 Å². The Morgan fingerprint density at radius 3 is 1.95 bits per heavy atom. The molecule has 15 nitrogen and oxygen atoms in total. The Balaban J connectivity index is 3.12. The normalized spacial score (nSPS) is 13.7. The number of carbonyl (C=O) groups is 5. The number of aromatic hydroxyl groups is 1. The van der Waals surface area contributed by atoms with Crippen LogP contribution in [0.2, 0.25) is 0 Å². The number of aliphatic carboxylic acids is 1. The first kappa shape index (κ1) is 31.6. The maximum atomic E-state index is 13.1. The first-order valence-corrected chi connectivity index (χ1v) is 11.8. The predicted octanol–water partition coefficient (Wildman–Crippen LogP) is -2.86. The minimum absolute atomic E-state index is 0.00338. The zero-order chi connectivity index (χ0) is 28.8. The van der Waals surface area contributed by atoms with Crippen molar-refractivity contribution in [1.29, 1.82) is 0 Å². The van der Waals surface area contributed by atoms with Crippen molar-refractivity contribution in [1.82, 2.24) is 16.0 Å². The van der Waals surface area contributed by atoms with Crippen LogP contribution in [0.4, 0.5) is 0 Å². The van der Waals surface area contributed by atoms with E-state index in [0.717, 1.165) is 0 Å². The summed E-state index contributed by atoms with van der Waals surface area (Å²) in [5.41, 5.74) is 21.8. The lowest BCUT2D eigenvalue weighted by Gasteiger charge is -2.25. The van der Waals surface area contributed by atoms with E-state index in [1.54, 1.807) is 0 Å². The minimum atomic E-state index is -1.31. The number of phenolic OH excluding ortho intramolecular Hbond substituents is 1. The zero-order valence-corrected chi connectivity index (χ0v) is 21.1. The highest BCUT2D eigenvalue weighted by atomic mass is 16.4. The van der Waals surface area contributed by atoms with Gasteiger partial charge < -0.3 is 49.1 Å². The summed E-state index contributed by atoms with van der Waals surface area (Å²) in [6, 6.07) is 1.02. The number of carboxylic acid groups (broad SMARTS) is 1. The molecule has 0 aliphatic heterocycles. The molecule has 0 spiro atoms. The zero-order valence-electron chi connectivity index (χ0n) is 21.1. The van der Waals surface area contributed by atoms with Gasteiger partial charge in [0, 0.05) is 19.4 Å². The van der Waals surface area contributed by atoms with Crippen LogP contribution in [-0.4, -0.2) is 76.5 Å². The number of hydrogen-bond acceptors (Lipinski definition) is 8. The monoisotopic (exact) mass is 536 g/mol. The van der Waals surface area contributed by atoms with Gasteiger partial charge in [0.2, 0.25) is 23.6 Å². The highest BCUT2D eigenvalue weighted by Gasteiger charge is 2.30. The molecule has 38 heavy (non-hydrogen) atoms. The van der Waals surface area contributed by atoms with Gasteiger partial charge in [0.25, 0.3) is 0 Å². The second-order valence-electron chi connectivity index (χ2n) is 8.63. The standard InChI is InChI=1S/C23H36N8O7/c1-12(24)19(34)29-15(8-9-18(25)33)20(35)31-17(11-13-4-6-14(32)7-5-13)21(36)30-16(22(37)38)3-2-10-28-23(26)27/h4-7,12,15-17,32H,2-3,8-11,24H2,1H3,(H2,25,33)(H,29,34)(H,30,36)(H,31,35)(H,37,38)(H4,26,27,28). The molecular formula is C23H36N8O7. The molecule has 4 unspecified atom stereocenters.